The van der Waals surface area contributed by atoms with Gasteiger partial charge in [0.25, 0.3) is 0 Å². The molecule has 0 N–H and O–H groups in total. The minimum absolute atomic E-state index is 0.126. The number of carbonyl (C=O) groups is 1. The third-order valence-corrected chi connectivity index (χ3v) is 9.21. The molecule has 2 aromatic rings. The van der Waals surface area contributed by atoms with Crippen LogP contribution in [0.4, 0.5) is 11.5 Å². The van der Waals surface area contributed by atoms with Gasteiger partial charge in [-0.25, -0.2) is 0 Å². The lowest BCUT2D eigenvalue weighted by Gasteiger charge is -2.42. The van der Waals surface area contributed by atoms with Gasteiger partial charge in [0, 0.05) is 43.5 Å². The van der Waals surface area contributed by atoms with Gasteiger partial charge in [-0.05, 0) is 70.3 Å². The van der Waals surface area contributed by atoms with E-state index in [2.05, 4.69) is 65.6 Å². The van der Waals surface area contributed by atoms with Crippen LogP contribution in [0.3, 0.4) is 0 Å². The van der Waals surface area contributed by atoms with Gasteiger partial charge in [0.05, 0.1) is 30.8 Å². The van der Waals surface area contributed by atoms with Crippen LogP contribution >= 0.6 is 0 Å². The monoisotopic (exact) mass is 541 g/mol. The van der Waals surface area contributed by atoms with Crippen molar-refractivity contribution >= 4 is 17.4 Å². The molecule has 1 aromatic heterocycles. The molecule has 40 heavy (non-hydrogen) atoms. The van der Waals surface area contributed by atoms with Crippen LogP contribution in [-0.2, 0) is 17.8 Å². The molecule has 2 atom stereocenters. The number of amides is 1. The van der Waals surface area contributed by atoms with Crippen molar-refractivity contribution in [3.8, 4) is 12.1 Å². The summed E-state index contributed by atoms with van der Waals surface area (Å²) in [5.41, 5.74) is 4.43. The maximum atomic E-state index is 12.5. The SMILES string of the molecule is C=CC(=O)N1CCN(c2nc(OC3(C4CCCN4C)CC3)nc3c2CCN(c2ccccc2C)C3)CC1CC#N. The van der Waals surface area contributed by atoms with E-state index in [1.54, 1.807) is 4.90 Å². The van der Waals surface area contributed by atoms with Crippen LogP contribution in [0.5, 0.6) is 6.01 Å². The fraction of sp³-hybridized carbons (Fsp3) is 0.548. The van der Waals surface area contributed by atoms with Crippen molar-refractivity contribution in [3.05, 3.63) is 53.7 Å². The highest BCUT2D eigenvalue weighted by atomic mass is 16.5. The molecule has 2 saturated heterocycles. The van der Waals surface area contributed by atoms with E-state index >= 15 is 0 Å². The van der Waals surface area contributed by atoms with Gasteiger partial charge in [-0.15, -0.1) is 0 Å². The number of hydrogen-bond acceptors (Lipinski definition) is 8. The molecule has 4 heterocycles. The minimum atomic E-state index is -0.215. The minimum Gasteiger partial charge on any atom is -0.455 e. The molecule has 1 aliphatic carbocycles. The van der Waals surface area contributed by atoms with E-state index in [9.17, 15) is 10.1 Å². The van der Waals surface area contributed by atoms with Crippen LogP contribution in [0.2, 0.25) is 0 Å². The Kier molecular flexibility index (Phi) is 7.13. The number of piperazine rings is 1. The molecule has 3 aliphatic heterocycles. The highest BCUT2D eigenvalue weighted by Crippen LogP contribution is 2.48. The normalized spacial score (nSPS) is 23.9. The lowest BCUT2D eigenvalue weighted by molar-refractivity contribution is -0.128. The zero-order valence-electron chi connectivity index (χ0n) is 23.7. The van der Waals surface area contributed by atoms with E-state index < -0.39 is 0 Å². The van der Waals surface area contributed by atoms with Gasteiger partial charge in [-0.2, -0.15) is 15.2 Å². The van der Waals surface area contributed by atoms with Crippen LogP contribution in [0.1, 0.15) is 48.9 Å². The Hall–Kier alpha value is -3.64. The number of para-hydroxylation sites is 1. The number of ether oxygens (including phenoxy) is 1. The number of nitrogens with zero attached hydrogens (tertiary/aromatic N) is 7. The maximum Gasteiger partial charge on any atom is 0.319 e. The molecule has 1 aromatic carbocycles. The zero-order valence-corrected chi connectivity index (χ0v) is 23.7. The Balaban J connectivity index is 1.34. The predicted molar refractivity (Wildman–Crippen MR) is 154 cm³/mol. The number of likely N-dealkylation sites (tertiary alicyclic amines) is 1. The van der Waals surface area contributed by atoms with Crippen molar-refractivity contribution in [1.82, 2.24) is 19.8 Å². The summed E-state index contributed by atoms with van der Waals surface area (Å²) in [5.74, 6) is 0.771. The number of fused-ring (bicyclic) bond motifs is 1. The molecule has 1 amide bonds. The van der Waals surface area contributed by atoms with Gasteiger partial charge >= 0.3 is 6.01 Å². The number of carbonyl (C=O) groups excluding carboxylic acids is 1. The van der Waals surface area contributed by atoms with Gasteiger partial charge in [0.2, 0.25) is 5.91 Å². The molecular formula is C31H39N7O2. The van der Waals surface area contributed by atoms with E-state index in [1.165, 1.54) is 23.7 Å². The van der Waals surface area contributed by atoms with Crippen molar-refractivity contribution in [1.29, 1.82) is 5.26 Å². The summed E-state index contributed by atoms with van der Waals surface area (Å²) in [6.07, 6.45) is 6.83. The van der Waals surface area contributed by atoms with Crippen molar-refractivity contribution in [2.75, 3.05) is 49.6 Å². The van der Waals surface area contributed by atoms with Crippen LogP contribution in [0, 0.1) is 18.3 Å². The summed E-state index contributed by atoms with van der Waals surface area (Å²) in [5, 5.41) is 9.52. The fourth-order valence-electron chi connectivity index (χ4n) is 6.94. The van der Waals surface area contributed by atoms with Gasteiger partial charge < -0.3 is 19.4 Å². The second-order valence-corrected chi connectivity index (χ2v) is 11.7. The first-order valence-electron chi connectivity index (χ1n) is 14.6. The summed E-state index contributed by atoms with van der Waals surface area (Å²) in [6.45, 7) is 10.2. The van der Waals surface area contributed by atoms with Crippen molar-refractivity contribution in [2.45, 2.75) is 69.7 Å². The lowest BCUT2D eigenvalue weighted by atomic mass is 10.0. The number of anilines is 2. The molecule has 3 fully saturated rings. The molecule has 4 aliphatic rings. The number of likely N-dealkylation sites (N-methyl/N-ethyl adjacent to an activating group) is 1. The number of rotatable bonds is 7. The van der Waals surface area contributed by atoms with E-state index in [0.717, 1.165) is 55.8 Å². The van der Waals surface area contributed by atoms with E-state index in [-0.39, 0.29) is 24.0 Å². The molecule has 0 spiro atoms. The van der Waals surface area contributed by atoms with Crippen LogP contribution < -0.4 is 14.5 Å². The predicted octanol–water partition coefficient (Wildman–Crippen LogP) is 3.47. The molecule has 1 saturated carbocycles. The van der Waals surface area contributed by atoms with E-state index in [1.807, 2.05) is 0 Å². The summed E-state index contributed by atoms with van der Waals surface area (Å²) in [4.78, 5) is 31.5. The van der Waals surface area contributed by atoms with Crippen LogP contribution in [0.25, 0.3) is 0 Å². The first-order chi connectivity index (χ1) is 19.4. The standard InChI is InChI=1S/C31H39N7O2/c1-4-28(39)38-19-18-37(20-23(38)11-15-32)29-24-12-17-36(26-9-6-5-8-22(26)2)21-25(24)33-30(34-29)40-31(13-14-31)27-10-7-16-35(27)3/h4-6,8-9,23,27H,1,7,10-14,16-21H2,2-3H3. The molecule has 9 nitrogen and oxygen atoms in total. The summed E-state index contributed by atoms with van der Waals surface area (Å²) in [6, 6.07) is 11.4. The summed E-state index contributed by atoms with van der Waals surface area (Å²) >= 11 is 0. The average Bonchev–Trinajstić information content (AvgIpc) is 3.60. The third-order valence-electron chi connectivity index (χ3n) is 9.21. The average molecular weight is 542 g/mol. The molecule has 210 valence electrons. The Bertz CT molecular complexity index is 1330. The third kappa shape index (κ3) is 4.90. The number of hydrogen-bond donors (Lipinski definition) is 0. The topological polar surface area (TPSA) is 88.8 Å². The molecule has 0 bridgehead atoms. The Morgan fingerprint density at radius 2 is 2.02 bits per heavy atom. The van der Waals surface area contributed by atoms with E-state index in [4.69, 9.17) is 14.7 Å². The van der Waals surface area contributed by atoms with Crippen LogP contribution in [0.15, 0.2) is 36.9 Å². The Labute approximate surface area is 237 Å². The molecule has 0 radical (unpaired) electrons. The van der Waals surface area contributed by atoms with Gasteiger partial charge in [0.1, 0.15) is 11.4 Å². The number of aromatic nitrogens is 2. The Morgan fingerprint density at radius 3 is 2.73 bits per heavy atom. The smallest absolute Gasteiger partial charge is 0.319 e. The fourth-order valence-corrected chi connectivity index (χ4v) is 6.94. The highest BCUT2D eigenvalue weighted by Gasteiger charge is 2.55. The van der Waals surface area contributed by atoms with Gasteiger partial charge in [-0.3, -0.25) is 9.69 Å². The number of benzene rings is 1. The molecule has 2 unspecified atom stereocenters. The van der Waals surface area contributed by atoms with Crippen LogP contribution in [-0.4, -0.2) is 83.1 Å². The lowest BCUT2D eigenvalue weighted by Crippen LogP contribution is -2.55. The van der Waals surface area contributed by atoms with Crippen molar-refractivity contribution in [3.63, 3.8) is 0 Å². The van der Waals surface area contributed by atoms with Gasteiger partial charge in [0.15, 0.2) is 0 Å². The second kappa shape index (κ2) is 10.7. The Morgan fingerprint density at radius 1 is 1.20 bits per heavy atom. The maximum absolute atomic E-state index is 12.5. The zero-order chi connectivity index (χ0) is 27.9. The second-order valence-electron chi connectivity index (χ2n) is 11.7. The number of nitriles is 1. The van der Waals surface area contributed by atoms with Crippen molar-refractivity contribution < 1.29 is 9.53 Å². The largest absolute Gasteiger partial charge is 0.455 e. The molecule has 6 rings (SSSR count). The van der Waals surface area contributed by atoms with Gasteiger partial charge in [-0.1, -0.05) is 24.8 Å². The first-order valence-corrected chi connectivity index (χ1v) is 14.6. The van der Waals surface area contributed by atoms with Crippen molar-refractivity contribution in [2.24, 2.45) is 0 Å². The summed E-state index contributed by atoms with van der Waals surface area (Å²) in [7, 11) is 2.19. The molecular weight excluding hydrogens is 502 g/mol. The first kappa shape index (κ1) is 26.6. The quantitative estimate of drug-likeness (QED) is 0.493. The summed E-state index contributed by atoms with van der Waals surface area (Å²) < 4.78 is 6.74. The van der Waals surface area contributed by atoms with E-state index in [0.29, 0.717) is 38.2 Å². The number of aryl methyl sites for hydroxylation is 1. The highest BCUT2D eigenvalue weighted by molar-refractivity contribution is 5.87. The molecule has 9 heteroatoms.